The van der Waals surface area contributed by atoms with Crippen molar-refractivity contribution in [3.63, 3.8) is 0 Å². The molecule has 2 aromatic carbocycles. The van der Waals surface area contributed by atoms with Gasteiger partial charge in [0.2, 0.25) is 0 Å². The number of nitrogens with zero attached hydrogens (tertiary/aromatic N) is 1. The van der Waals surface area contributed by atoms with Gasteiger partial charge in [0.25, 0.3) is 0 Å². The van der Waals surface area contributed by atoms with Crippen molar-refractivity contribution < 1.29 is 4.74 Å². The van der Waals surface area contributed by atoms with E-state index in [0.29, 0.717) is 11.3 Å². The highest BCUT2D eigenvalue weighted by Gasteiger charge is 2.03. The average molecular weight is 253 g/mol. The molecule has 0 spiro atoms. The second-order valence-corrected chi connectivity index (χ2v) is 4.22. The average Bonchev–Trinajstić information content (AvgIpc) is 2.41. The summed E-state index contributed by atoms with van der Waals surface area (Å²) in [6.45, 7) is 1.98. The van der Waals surface area contributed by atoms with Gasteiger partial charge in [-0.3, -0.25) is 0 Å². The van der Waals surface area contributed by atoms with Crippen LogP contribution in [0.4, 0.5) is 17.1 Å². The Kier molecular flexibility index (Phi) is 3.58. The van der Waals surface area contributed by atoms with Gasteiger partial charge in [0.15, 0.2) is 0 Å². The number of anilines is 3. The molecule has 4 nitrogen and oxygen atoms in total. The minimum atomic E-state index is 0.549. The number of nitriles is 1. The number of hydrogen-bond donors (Lipinski definition) is 2. The number of benzene rings is 2. The maximum Gasteiger partial charge on any atom is 0.121 e. The van der Waals surface area contributed by atoms with Crippen LogP contribution in [0, 0.1) is 18.3 Å². The van der Waals surface area contributed by atoms with E-state index in [1.54, 1.807) is 25.3 Å². The van der Waals surface area contributed by atoms with Crippen molar-refractivity contribution in [3.05, 3.63) is 47.5 Å². The molecule has 96 valence electrons. The molecule has 0 aliphatic carbocycles. The van der Waals surface area contributed by atoms with Crippen LogP contribution >= 0.6 is 0 Å². The van der Waals surface area contributed by atoms with Crippen molar-refractivity contribution in [2.24, 2.45) is 0 Å². The molecular weight excluding hydrogens is 238 g/mol. The summed E-state index contributed by atoms with van der Waals surface area (Å²) in [7, 11) is 1.65. The number of rotatable bonds is 3. The molecule has 19 heavy (non-hydrogen) atoms. The summed E-state index contributed by atoms with van der Waals surface area (Å²) >= 11 is 0. The maximum absolute atomic E-state index is 8.80. The third-order valence-electron chi connectivity index (χ3n) is 2.85. The van der Waals surface area contributed by atoms with Gasteiger partial charge in [-0.05, 0) is 48.9 Å². The number of nitrogen functional groups attached to an aromatic ring is 1. The van der Waals surface area contributed by atoms with E-state index in [1.165, 1.54) is 0 Å². The fourth-order valence-electron chi connectivity index (χ4n) is 1.86. The molecule has 2 aromatic rings. The van der Waals surface area contributed by atoms with Gasteiger partial charge in [-0.15, -0.1) is 0 Å². The molecule has 0 unspecified atom stereocenters. The topological polar surface area (TPSA) is 71.1 Å². The summed E-state index contributed by atoms with van der Waals surface area (Å²) in [6, 6.07) is 13.0. The van der Waals surface area contributed by atoms with Gasteiger partial charge in [0.05, 0.1) is 30.1 Å². The van der Waals surface area contributed by atoms with Crippen molar-refractivity contribution in [1.29, 1.82) is 5.26 Å². The SMILES string of the molecule is COc1ccc(Nc2ccc(C#N)cc2N)cc1C. The Labute approximate surface area is 112 Å². The molecular formula is C15H15N3O. The molecule has 0 fully saturated rings. The van der Waals surface area contributed by atoms with Crippen molar-refractivity contribution in [2.75, 3.05) is 18.2 Å². The lowest BCUT2D eigenvalue weighted by molar-refractivity contribution is 0.412. The van der Waals surface area contributed by atoms with Crippen LogP contribution in [0.2, 0.25) is 0 Å². The number of nitrogens with one attached hydrogen (secondary N) is 1. The first-order valence-corrected chi connectivity index (χ1v) is 5.85. The number of methoxy groups -OCH3 is 1. The van der Waals surface area contributed by atoms with Crippen molar-refractivity contribution in [2.45, 2.75) is 6.92 Å². The highest BCUT2D eigenvalue weighted by atomic mass is 16.5. The molecule has 2 rings (SSSR count). The smallest absolute Gasteiger partial charge is 0.121 e. The summed E-state index contributed by atoms with van der Waals surface area (Å²) in [5.74, 6) is 0.846. The largest absolute Gasteiger partial charge is 0.496 e. The van der Waals surface area contributed by atoms with E-state index in [2.05, 4.69) is 11.4 Å². The number of hydrogen-bond acceptors (Lipinski definition) is 4. The van der Waals surface area contributed by atoms with E-state index < -0.39 is 0 Å². The number of ether oxygens (including phenoxy) is 1. The van der Waals surface area contributed by atoms with Crippen molar-refractivity contribution in [1.82, 2.24) is 0 Å². The van der Waals surface area contributed by atoms with Crippen LogP contribution in [0.5, 0.6) is 5.75 Å². The summed E-state index contributed by atoms with van der Waals surface area (Å²) < 4.78 is 5.22. The third kappa shape index (κ3) is 2.78. The first-order chi connectivity index (χ1) is 9.13. The van der Waals surface area contributed by atoms with Crippen LogP contribution in [0.15, 0.2) is 36.4 Å². The zero-order valence-corrected chi connectivity index (χ0v) is 10.9. The molecule has 0 saturated heterocycles. The number of aryl methyl sites for hydroxylation is 1. The van der Waals surface area contributed by atoms with Gasteiger partial charge in [-0.2, -0.15) is 5.26 Å². The third-order valence-corrected chi connectivity index (χ3v) is 2.85. The van der Waals surface area contributed by atoms with E-state index >= 15 is 0 Å². The Morgan fingerprint density at radius 3 is 2.58 bits per heavy atom. The number of nitrogens with two attached hydrogens (primary N) is 1. The maximum atomic E-state index is 8.80. The Hall–Kier alpha value is -2.67. The van der Waals surface area contributed by atoms with Gasteiger partial charge >= 0.3 is 0 Å². The Bertz CT molecular complexity index is 644. The second-order valence-electron chi connectivity index (χ2n) is 4.22. The van der Waals surface area contributed by atoms with Crippen LogP contribution in [0.3, 0.4) is 0 Å². The quantitative estimate of drug-likeness (QED) is 0.824. The lowest BCUT2D eigenvalue weighted by Crippen LogP contribution is -1.97. The van der Waals surface area contributed by atoms with Gasteiger partial charge in [-0.25, -0.2) is 0 Å². The van der Waals surface area contributed by atoms with Gasteiger partial charge in [0.1, 0.15) is 5.75 Å². The van der Waals surface area contributed by atoms with Crippen LogP contribution in [-0.4, -0.2) is 7.11 Å². The molecule has 0 radical (unpaired) electrons. The Balaban J connectivity index is 2.26. The minimum absolute atomic E-state index is 0.549. The molecule has 3 N–H and O–H groups in total. The van der Waals surface area contributed by atoms with Crippen molar-refractivity contribution >= 4 is 17.1 Å². The molecule has 0 bridgehead atoms. The zero-order valence-electron chi connectivity index (χ0n) is 10.9. The Morgan fingerprint density at radius 1 is 1.21 bits per heavy atom. The fourth-order valence-corrected chi connectivity index (χ4v) is 1.86. The molecule has 0 atom stereocenters. The summed E-state index contributed by atoms with van der Waals surface area (Å²) in [5, 5.41) is 12.0. The lowest BCUT2D eigenvalue weighted by Gasteiger charge is -2.11. The summed E-state index contributed by atoms with van der Waals surface area (Å²) in [5.41, 5.74) is 9.75. The molecule has 0 aromatic heterocycles. The van der Waals surface area contributed by atoms with E-state index in [9.17, 15) is 0 Å². The first kappa shape index (κ1) is 12.8. The normalized spacial score (nSPS) is 9.74. The van der Waals surface area contributed by atoms with Crippen LogP contribution in [-0.2, 0) is 0 Å². The van der Waals surface area contributed by atoms with E-state index in [0.717, 1.165) is 22.7 Å². The standard InChI is InChI=1S/C15H15N3O/c1-10-7-12(4-6-15(10)19-2)18-14-5-3-11(9-16)8-13(14)17/h3-8,18H,17H2,1-2H3. The fraction of sp³-hybridized carbons (Fsp3) is 0.133. The van der Waals surface area contributed by atoms with Crippen LogP contribution in [0.1, 0.15) is 11.1 Å². The molecule has 0 heterocycles. The van der Waals surface area contributed by atoms with E-state index in [4.69, 9.17) is 15.7 Å². The highest BCUT2D eigenvalue weighted by molar-refractivity contribution is 5.74. The van der Waals surface area contributed by atoms with Crippen LogP contribution in [0.25, 0.3) is 0 Å². The molecule has 0 amide bonds. The van der Waals surface area contributed by atoms with Crippen LogP contribution < -0.4 is 15.8 Å². The second kappa shape index (κ2) is 5.32. The molecule has 0 saturated carbocycles. The zero-order chi connectivity index (χ0) is 13.8. The van der Waals surface area contributed by atoms with E-state index in [1.807, 2.05) is 25.1 Å². The summed E-state index contributed by atoms with van der Waals surface area (Å²) in [6.07, 6.45) is 0. The van der Waals surface area contributed by atoms with Gasteiger partial charge in [0, 0.05) is 5.69 Å². The molecule has 4 heteroatoms. The van der Waals surface area contributed by atoms with Crippen molar-refractivity contribution in [3.8, 4) is 11.8 Å². The molecule has 0 aliphatic heterocycles. The predicted molar refractivity (Wildman–Crippen MR) is 76.6 cm³/mol. The lowest BCUT2D eigenvalue weighted by atomic mass is 10.1. The predicted octanol–water partition coefficient (Wildman–Crippen LogP) is 3.20. The Morgan fingerprint density at radius 2 is 2.00 bits per heavy atom. The monoisotopic (exact) mass is 253 g/mol. The minimum Gasteiger partial charge on any atom is -0.496 e. The highest BCUT2D eigenvalue weighted by Crippen LogP contribution is 2.27. The van der Waals surface area contributed by atoms with Gasteiger partial charge in [-0.1, -0.05) is 0 Å². The summed E-state index contributed by atoms with van der Waals surface area (Å²) in [4.78, 5) is 0. The first-order valence-electron chi connectivity index (χ1n) is 5.85. The van der Waals surface area contributed by atoms with Gasteiger partial charge < -0.3 is 15.8 Å². The van der Waals surface area contributed by atoms with E-state index in [-0.39, 0.29) is 0 Å². The molecule has 0 aliphatic rings.